The first-order valence-electron chi connectivity index (χ1n) is 6.69. The van der Waals surface area contributed by atoms with Crippen molar-refractivity contribution < 1.29 is 19.5 Å². The molecule has 0 unspecified atom stereocenters. The van der Waals surface area contributed by atoms with Crippen LogP contribution in [0.3, 0.4) is 0 Å². The van der Waals surface area contributed by atoms with Crippen LogP contribution < -0.4 is 5.32 Å². The summed E-state index contributed by atoms with van der Waals surface area (Å²) in [4.78, 5) is 35.7. The van der Waals surface area contributed by atoms with Gasteiger partial charge in [-0.05, 0) is 38.1 Å². The minimum atomic E-state index is -0.949. The van der Waals surface area contributed by atoms with Gasteiger partial charge in [-0.3, -0.25) is 14.4 Å². The Morgan fingerprint density at radius 2 is 1.67 bits per heavy atom. The summed E-state index contributed by atoms with van der Waals surface area (Å²) < 4.78 is 0. The van der Waals surface area contributed by atoms with E-state index in [1.54, 1.807) is 31.3 Å². The van der Waals surface area contributed by atoms with Gasteiger partial charge < -0.3 is 15.3 Å². The molecule has 0 heterocycles. The topological polar surface area (TPSA) is 86.7 Å². The molecule has 21 heavy (non-hydrogen) atoms. The summed E-state index contributed by atoms with van der Waals surface area (Å²) in [5, 5.41) is 11.4. The molecule has 0 saturated carbocycles. The Morgan fingerprint density at radius 1 is 1.14 bits per heavy atom. The fraction of sp³-hybridized carbons (Fsp3) is 0.400. The molecule has 0 atom stereocenters. The van der Waals surface area contributed by atoms with Crippen LogP contribution in [-0.4, -0.2) is 47.4 Å². The van der Waals surface area contributed by atoms with Crippen molar-refractivity contribution in [3.8, 4) is 0 Å². The summed E-state index contributed by atoms with van der Waals surface area (Å²) >= 11 is 0. The zero-order chi connectivity index (χ0) is 16.0. The third kappa shape index (κ3) is 5.25. The fourth-order valence-electron chi connectivity index (χ4n) is 1.69. The number of hydrogen-bond acceptors (Lipinski definition) is 3. The van der Waals surface area contributed by atoms with E-state index >= 15 is 0 Å². The monoisotopic (exact) mass is 292 g/mol. The molecule has 2 amide bonds. The van der Waals surface area contributed by atoms with Crippen LogP contribution in [0, 0.1) is 0 Å². The van der Waals surface area contributed by atoms with Crippen molar-refractivity contribution in [3.05, 3.63) is 35.4 Å². The van der Waals surface area contributed by atoms with Crippen LogP contribution in [0.1, 0.15) is 41.0 Å². The van der Waals surface area contributed by atoms with Crippen molar-refractivity contribution in [1.82, 2.24) is 10.2 Å². The molecule has 6 heteroatoms. The van der Waals surface area contributed by atoms with Crippen LogP contribution in [0.2, 0.25) is 0 Å². The Morgan fingerprint density at radius 3 is 2.14 bits per heavy atom. The first-order chi connectivity index (χ1) is 9.81. The molecule has 2 N–H and O–H groups in total. The first kappa shape index (κ1) is 16.7. The quantitative estimate of drug-likeness (QED) is 0.829. The predicted octanol–water partition coefficient (Wildman–Crippen LogP) is 1.37. The van der Waals surface area contributed by atoms with Crippen LogP contribution in [0.5, 0.6) is 0 Å². The summed E-state index contributed by atoms with van der Waals surface area (Å²) in [7, 11) is 1.55. The van der Waals surface area contributed by atoms with Crippen LogP contribution in [-0.2, 0) is 4.79 Å². The molecule has 0 radical (unpaired) electrons. The van der Waals surface area contributed by atoms with Crippen LogP contribution in [0.4, 0.5) is 0 Å². The van der Waals surface area contributed by atoms with Crippen molar-refractivity contribution in [2.45, 2.75) is 26.3 Å². The first-order valence-corrected chi connectivity index (χ1v) is 6.69. The minimum Gasteiger partial charge on any atom is -0.481 e. The van der Waals surface area contributed by atoms with E-state index in [4.69, 9.17) is 5.11 Å². The number of carbonyl (C=O) groups is 3. The summed E-state index contributed by atoms with van der Waals surface area (Å²) in [6.45, 7) is 3.88. The van der Waals surface area contributed by atoms with Crippen LogP contribution in [0.25, 0.3) is 0 Å². The number of amides is 2. The Balaban J connectivity index is 2.71. The number of nitrogens with zero attached hydrogens (tertiary/aromatic N) is 1. The van der Waals surface area contributed by atoms with E-state index in [9.17, 15) is 14.4 Å². The van der Waals surface area contributed by atoms with E-state index in [2.05, 4.69) is 5.32 Å². The molecular formula is C15H20N2O4. The minimum absolute atomic E-state index is 0.0426. The number of carbonyl (C=O) groups excluding carboxylic acids is 2. The maximum atomic E-state index is 12.0. The van der Waals surface area contributed by atoms with Crippen molar-refractivity contribution in [2.24, 2.45) is 0 Å². The number of rotatable bonds is 6. The zero-order valence-electron chi connectivity index (χ0n) is 12.4. The second-order valence-corrected chi connectivity index (χ2v) is 5.08. The van der Waals surface area contributed by atoms with E-state index < -0.39 is 5.97 Å². The maximum absolute atomic E-state index is 12.0. The predicted molar refractivity (Wildman–Crippen MR) is 78.3 cm³/mol. The Labute approximate surface area is 123 Å². The van der Waals surface area contributed by atoms with E-state index in [0.717, 1.165) is 0 Å². The van der Waals surface area contributed by atoms with Crippen molar-refractivity contribution in [2.75, 3.05) is 13.6 Å². The van der Waals surface area contributed by atoms with Gasteiger partial charge in [0.1, 0.15) is 0 Å². The Bertz CT molecular complexity index is 523. The maximum Gasteiger partial charge on any atom is 0.305 e. The third-order valence-corrected chi connectivity index (χ3v) is 2.82. The van der Waals surface area contributed by atoms with Gasteiger partial charge in [0, 0.05) is 30.8 Å². The van der Waals surface area contributed by atoms with E-state index in [-0.39, 0.29) is 30.8 Å². The Hall–Kier alpha value is -2.37. The molecule has 1 aromatic rings. The van der Waals surface area contributed by atoms with Crippen molar-refractivity contribution >= 4 is 17.8 Å². The molecular weight excluding hydrogens is 272 g/mol. The number of benzene rings is 1. The summed E-state index contributed by atoms with van der Waals surface area (Å²) in [6, 6.07) is 6.33. The van der Waals surface area contributed by atoms with Gasteiger partial charge in [0.05, 0.1) is 6.42 Å². The van der Waals surface area contributed by atoms with Crippen molar-refractivity contribution in [1.29, 1.82) is 0 Å². The highest BCUT2D eigenvalue weighted by molar-refractivity contribution is 5.97. The molecule has 6 nitrogen and oxygen atoms in total. The van der Waals surface area contributed by atoms with Gasteiger partial charge in [-0.2, -0.15) is 0 Å². The van der Waals surface area contributed by atoms with Crippen LogP contribution in [0.15, 0.2) is 24.3 Å². The van der Waals surface area contributed by atoms with E-state index in [0.29, 0.717) is 11.1 Å². The van der Waals surface area contributed by atoms with Gasteiger partial charge in [-0.25, -0.2) is 0 Å². The number of nitrogens with one attached hydrogen (secondary N) is 1. The lowest BCUT2D eigenvalue weighted by Gasteiger charge is -2.16. The Kier molecular flexibility index (Phi) is 5.90. The molecule has 1 aromatic carbocycles. The van der Waals surface area contributed by atoms with Gasteiger partial charge in [0.15, 0.2) is 0 Å². The normalized spacial score (nSPS) is 10.3. The van der Waals surface area contributed by atoms with Gasteiger partial charge in [0.25, 0.3) is 11.8 Å². The second kappa shape index (κ2) is 7.42. The molecule has 0 aliphatic carbocycles. The molecule has 0 saturated heterocycles. The lowest BCUT2D eigenvalue weighted by Crippen LogP contribution is -2.30. The smallest absolute Gasteiger partial charge is 0.305 e. The third-order valence-electron chi connectivity index (χ3n) is 2.82. The molecule has 0 bridgehead atoms. The molecule has 0 aliphatic rings. The molecule has 114 valence electrons. The van der Waals surface area contributed by atoms with Crippen LogP contribution >= 0.6 is 0 Å². The highest BCUT2D eigenvalue weighted by Crippen LogP contribution is 2.08. The van der Waals surface area contributed by atoms with Gasteiger partial charge in [-0.1, -0.05) is 0 Å². The summed E-state index contributed by atoms with van der Waals surface area (Å²) in [5.41, 5.74) is 0.900. The number of hydrogen-bond donors (Lipinski definition) is 2. The molecule has 0 fully saturated rings. The highest BCUT2D eigenvalue weighted by Gasteiger charge is 2.14. The zero-order valence-corrected chi connectivity index (χ0v) is 12.4. The lowest BCUT2D eigenvalue weighted by atomic mass is 10.1. The number of carboxylic acid groups (broad SMARTS) is 1. The number of aliphatic carboxylic acids is 1. The highest BCUT2D eigenvalue weighted by atomic mass is 16.4. The van der Waals surface area contributed by atoms with E-state index in [1.807, 2.05) is 13.8 Å². The summed E-state index contributed by atoms with van der Waals surface area (Å²) in [6.07, 6.45) is -0.100. The second-order valence-electron chi connectivity index (χ2n) is 5.08. The standard InChI is InChI=1S/C15H20N2O4/c1-10(2)16-14(20)11-4-6-12(7-5-11)15(21)17(3)9-8-13(18)19/h4-7,10H,8-9H2,1-3H3,(H,16,20)(H,18,19). The average molecular weight is 292 g/mol. The molecule has 0 spiro atoms. The fourth-order valence-corrected chi connectivity index (χ4v) is 1.69. The van der Waals surface area contributed by atoms with Crippen molar-refractivity contribution in [3.63, 3.8) is 0 Å². The van der Waals surface area contributed by atoms with Gasteiger partial charge >= 0.3 is 5.97 Å². The van der Waals surface area contributed by atoms with Gasteiger partial charge in [-0.15, -0.1) is 0 Å². The molecule has 1 rings (SSSR count). The average Bonchev–Trinajstić information content (AvgIpc) is 2.43. The number of carboxylic acids is 1. The largest absolute Gasteiger partial charge is 0.481 e. The summed E-state index contributed by atoms with van der Waals surface area (Å²) in [5.74, 6) is -1.41. The molecule has 0 aliphatic heterocycles. The van der Waals surface area contributed by atoms with E-state index in [1.165, 1.54) is 4.90 Å². The SMILES string of the molecule is CC(C)NC(=O)c1ccc(C(=O)N(C)CCC(=O)O)cc1. The van der Waals surface area contributed by atoms with Gasteiger partial charge in [0.2, 0.25) is 0 Å². The molecule has 0 aromatic heterocycles. The lowest BCUT2D eigenvalue weighted by molar-refractivity contribution is -0.137.